The summed E-state index contributed by atoms with van der Waals surface area (Å²) < 4.78 is 0. The van der Waals surface area contributed by atoms with Crippen LogP contribution in [0.15, 0.2) is 0 Å². The number of likely N-dealkylation sites (tertiary alicyclic amines) is 1. The zero-order chi connectivity index (χ0) is 13.8. The molecule has 2 fully saturated rings. The molecule has 0 spiro atoms. The molecule has 2 aliphatic heterocycles. The Balaban J connectivity index is 1.81. The van der Waals surface area contributed by atoms with Gasteiger partial charge in [-0.25, -0.2) is 4.79 Å². The summed E-state index contributed by atoms with van der Waals surface area (Å²) in [5.41, 5.74) is 0. The SMILES string of the molecule is O=CN1CCN(C(=O)N2CCC(C(=O)O)CC2)CC1. The predicted molar refractivity (Wildman–Crippen MR) is 66.5 cm³/mol. The van der Waals surface area contributed by atoms with Gasteiger partial charge >= 0.3 is 12.0 Å². The van der Waals surface area contributed by atoms with Crippen molar-refractivity contribution in [1.82, 2.24) is 14.7 Å². The molecule has 2 saturated heterocycles. The van der Waals surface area contributed by atoms with Crippen LogP contribution in [0.2, 0.25) is 0 Å². The van der Waals surface area contributed by atoms with E-state index in [4.69, 9.17) is 5.11 Å². The third kappa shape index (κ3) is 3.15. The van der Waals surface area contributed by atoms with Crippen LogP contribution in [-0.4, -0.2) is 77.5 Å². The van der Waals surface area contributed by atoms with Crippen molar-refractivity contribution in [3.05, 3.63) is 0 Å². The monoisotopic (exact) mass is 269 g/mol. The van der Waals surface area contributed by atoms with E-state index < -0.39 is 5.97 Å². The van der Waals surface area contributed by atoms with Gasteiger partial charge in [-0.05, 0) is 12.8 Å². The van der Waals surface area contributed by atoms with Crippen LogP contribution in [0, 0.1) is 5.92 Å². The molecule has 19 heavy (non-hydrogen) atoms. The molecule has 0 aliphatic carbocycles. The summed E-state index contributed by atoms with van der Waals surface area (Å²) in [6.45, 7) is 3.25. The van der Waals surface area contributed by atoms with Gasteiger partial charge in [0.2, 0.25) is 6.41 Å². The fourth-order valence-corrected chi connectivity index (χ4v) is 2.54. The number of aliphatic carboxylic acids is 1. The van der Waals surface area contributed by atoms with Crippen molar-refractivity contribution in [3.63, 3.8) is 0 Å². The maximum absolute atomic E-state index is 12.2. The lowest BCUT2D eigenvalue weighted by Gasteiger charge is -2.38. The van der Waals surface area contributed by atoms with E-state index >= 15 is 0 Å². The van der Waals surface area contributed by atoms with Crippen LogP contribution in [0.5, 0.6) is 0 Å². The maximum Gasteiger partial charge on any atom is 0.320 e. The number of carboxylic acid groups (broad SMARTS) is 1. The maximum atomic E-state index is 12.2. The zero-order valence-corrected chi connectivity index (χ0v) is 10.8. The quantitative estimate of drug-likeness (QED) is 0.696. The Kier molecular flexibility index (Phi) is 4.24. The first-order valence-corrected chi connectivity index (χ1v) is 6.58. The molecule has 3 amide bonds. The van der Waals surface area contributed by atoms with Gasteiger partial charge in [0.15, 0.2) is 0 Å². The van der Waals surface area contributed by atoms with E-state index in [1.54, 1.807) is 14.7 Å². The number of carboxylic acids is 1. The standard InChI is InChI=1S/C12H19N3O4/c16-9-13-5-7-15(8-6-13)12(19)14-3-1-10(2-4-14)11(17)18/h9-10H,1-8H2,(H,17,18). The number of piperazine rings is 1. The summed E-state index contributed by atoms with van der Waals surface area (Å²) in [4.78, 5) is 38.8. The molecule has 0 aromatic rings. The van der Waals surface area contributed by atoms with Gasteiger partial charge in [-0.15, -0.1) is 0 Å². The van der Waals surface area contributed by atoms with Crippen molar-refractivity contribution >= 4 is 18.4 Å². The predicted octanol–water partition coefficient (Wildman–Crippen LogP) is -0.323. The van der Waals surface area contributed by atoms with Crippen LogP contribution < -0.4 is 0 Å². The Morgan fingerprint density at radius 1 is 0.947 bits per heavy atom. The lowest BCUT2D eigenvalue weighted by Crippen LogP contribution is -2.54. The van der Waals surface area contributed by atoms with Crippen LogP contribution in [0.25, 0.3) is 0 Å². The first kappa shape index (κ1) is 13.6. The largest absolute Gasteiger partial charge is 0.481 e. The molecule has 0 saturated carbocycles. The zero-order valence-electron chi connectivity index (χ0n) is 10.8. The van der Waals surface area contributed by atoms with E-state index in [0.29, 0.717) is 52.1 Å². The van der Waals surface area contributed by atoms with Crippen molar-refractivity contribution in [2.24, 2.45) is 5.92 Å². The minimum Gasteiger partial charge on any atom is -0.481 e. The van der Waals surface area contributed by atoms with E-state index in [0.717, 1.165) is 6.41 Å². The number of urea groups is 1. The van der Waals surface area contributed by atoms with Crippen molar-refractivity contribution in [2.45, 2.75) is 12.8 Å². The number of amides is 3. The normalized spacial score (nSPS) is 21.4. The van der Waals surface area contributed by atoms with Gasteiger partial charge in [-0.3, -0.25) is 9.59 Å². The van der Waals surface area contributed by atoms with Crippen LogP contribution in [0.4, 0.5) is 4.79 Å². The fraction of sp³-hybridized carbons (Fsp3) is 0.750. The highest BCUT2D eigenvalue weighted by atomic mass is 16.4. The Morgan fingerprint density at radius 2 is 1.47 bits per heavy atom. The third-order valence-corrected chi connectivity index (χ3v) is 3.85. The van der Waals surface area contributed by atoms with E-state index in [-0.39, 0.29) is 11.9 Å². The van der Waals surface area contributed by atoms with Crippen LogP contribution in [0.3, 0.4) is 0 Å². The van der Waals surface area contributed by atoms with E-state index in [1.807, 2.05) is 0 Å². The second kappa shape index (κ2) is 5.90. The molecule has 0 aromatic carbocycles. The molecule has 1 N–H and O–H groups in total. The van der Waals surface area contributed by atoms with Crippen molar-refractivity contribution in [3.8, 4) is 0 Å². The molecule has 0 aromatic heterocycles. The number of carbonyl (C=O) groups is 3. The van der Waals surface area contributed by atoms with Gasteiger partial charge in [0.05, 0.1) is 5.92 Å². The summed E-state index contributed by atoms with van der Waals surface area (Å²) in [6.07, 6.45) is 1.85. The van der Waals surface area contributed by atoms with E-state index in [9.17, 15) is 14.4 Å². The number of nitrogens with zero attached hydrogens (tertiary/aromatic N) is 3. The lowest BCUT2D eigenvalue weighted by atomic mass is 9.97. The molecular weight excluding hydrogens is 250 g/mol. The summed E-state index contributed by atoms with van der Waals surface area (Å²) >= 11 is 0. The van der Waals surface area contributed by atoms with Gasteiger partial charge in [-0.1, -0.05) is 0 Å². The number of hydrogen-bond acceptors (Lipinski definition) is 3. The highest BCUT2D eigenvalue weighted by molar-refractivity contribution is 5.75. The van der Waals surface area contributed by atoms with Gasteiger partial charge in [0.25, 0.3) is 0 Å². The van der Waals surface area contributed by atoms with Crippen LogP contribution in [0.1, 0.15) is 12.8 Å². The molecule has 0 atom stereocenters. The first-order valence-electron chi connectivity index (χ1n) is 6.58. The summed E-state index contributed by atoms with van der Waals surface area (Å²) in [6, 6.07) is -0.0330. The minimum absolute atomic E-state index is 0.0330. The van der Waals surface area contributed by atoms with Crippen molar-refractivity contribution in [2.75, 3.05) is 39.3 Å². The Labute approximate surface area is 111 Å². The van der Waals surface area contributed by atoms with E-state index in [1.165, 1.54) is 0 Å². The smallest absolute Gasteiger partial charge is 0.320 e. The average Bonchev–Trinajstić information content (AvgIpc) is 2.46. The minimum atomic E-state index is -0.772. The molecule has 2 rings (SSSR count). The second-order valence-corrected chi connectivity index (χ2v) is 5.01. The van der Waals surface area contributed by atoms with Gasteiger partial charge in [0, 0.05) is 39.3 Å². The molecule has 2 aliphatic rings. The Bertz CT molecular complexity index is 358. The number of hydrogen-bond donors (Lipinski definition) is 1. The highest BCUT2D eigenvalue weighted by Crippen LogP contribution is 2.18. The molecule has 106 valence electrons. The first-order chi connectivity index (χ1) is 9.11. The molecular formula is C12H19N3O4. The lowest BCUT2D eigenvalue weighted by molar-refractivity contribution is -0.143. The third-order valence-electron chi connectivity index (χ3n) is 3.85. The average molecular weight is 269 g/mol. The van der Waals surface area contributed by atoms with E-state index in [2.05, 4.69) is 0 Å². The van der Waals surface area contributed by atoms with Gasteiger partial charge in [0.1, 0.15) is 0 Å². The molecule has 2 heterocycles. The second-order valence-electron chi connectivity index (χ2n) is 5.01. The van der Waals surface area contributed by atoms with Crippen LogP contribution in [-0.2, 0) is 9.59 Å². The topological polar surface area (TPSA) is 81.2 Å². The molecule has 0 radical (unpaired) electrons. The number of piperidine rings is 1. The summed E-state index contributed by atoms with van der Waals surface area (Å²) in [5.74, 6) is -1.09. The molecule has 7 heteroatoms. The highest BCUT2D eigenvalue weighted by Gasteiger charge is 2.30. The molecule has 7 nitrogen and oxygen atoms in total. The van der Waals surface area contributed by atoms with Crippen LogP contribution >= 0.6 is 0 Å². The fourth-order valence-electron chi connectivity index (χ4n) is 2.54. The van der Waals surface area contributed by atoms with Gasteiger partial charge < -0.3 is 19.8 Å². The van der Waals surface area contributed by atoms with Gasteiger partial charge in [-0.2, -0.15) is 0 Å². The number of rotatable bonds is 2. The summed E-state index contributed by atoms with van der Waals surface area (Å²) in [7, 11) is 0. The van der Waals surface area contributed by atoms with Crippen molar-refractivity contribution in [1.29, 1.82) is 0 Å². The van der Waals surface area contributed by atoms with Crippen molar-refractivity contribution < 1.29 is 19.5 Å². The Morgan fingerprint density at radius 3 is 1.95 bits per heavy atom. The summed E-state index contributed by atoms with van der Waals surface area (Å²) in [5, 5.41) is 8.92. The molecule has 0 unspecified atom stereocenters. The Hall–Kier alpha value is -1.79. The molecule has 0 bridgehead atoms. The number of carbonyl (C=O) groups excluding carboxylic acids is 2.